The third kappa shape index (κ3) is 2.88. The van der Waals surface area contributed by atoms with Gasteiger partial charge in [-0.15, -0.1) is 0 Å². The first-order valence-electron chi connectivity index (χ1n) is 6.71. The maximum atomic E-state index is 9.32. The van der Waals surface area contributed by atoms with Gasteiger partial charge in [-0.25, -0.2) is 4.98 Å². The Morgan fingerprint density at radius 3 is 2.79 bits per heavy atom. The van der Waals surface area contributed by atoms with Gasteiger partial charge in [-0.2, -0.15) is 0 Å². The first kappa shape index (κ1) is 13.8. The fourth-order valence-electron chi connectivity index (χ4n) is 2.21. The van der Waals surface area contributed by atoms with Crippen molar-refractivity contribution in [2.24, 2.45) is 0 Å². The first-order chi connectivity index (χ1) is 9.19. The summed E-state index contributed by atoms with van der Waals surface area (Å²) >= 11 is 0. The number of hydrogen-bond acceptors (Lipinski definition) is 4. The molecule has 104 valence electrons. The van der Waals surface area contributed by atoms with Gasteiger partial charge in [-0.1, -0.05) is 6.92 Å². The monoisotopic (exact) mass is 263 g/mol. The molecule has 2 aromatic rings. The fraction of sp³-hybridized carbons (Fsp3) is 0.500. The molecule has 0 aliphatic rings. The molecule has 1 atom stereocenters. The second-order valence-corrected chi connectivity index (χ2v) is 4.55. The molecule has 0 amide bonds. The summed E-state index contributed by atoms with van der Waals surface area (Å²) in [6.45, 7) is 5.22. The molecular weight excluding hydrogens is 242 g/mol. The lowest BCUT2D eigenvalue weighted by Crippen LogP contribution is -2.22. The van der Waals surface area contributed by atoms with Crippen molar-refractivity contribution in [1.29, 1.82) is 0 Å². The van der Waals surface area contributed by atoms with Crippen LogP contribution in [0.4, 0.5) is 5.69 Å². The molecule has 1 heterocycles. The average Bonchev–Trinajstić information content (AvgIpc) is 2.81. The van der Waals surface area contributed by atoms with Crippen LogP contribution in [0, 0.1) is 0 Å². The highest BCUT2D eigenvalue weighted by Gasteiger charge is 2.09. The van der Waals surface area contributed by atoms with E-state index in [-0.39, 0.29) is 6.61 Å². The van der Waals surface area contributed by atoms with Crippen molar-refractivity contribution >= 4 is 16.7 Å². The number of nitrogens with zero attached hydrogens (tertiary/aromatic N) is 2. The Morgan fingerprint density at radius 1 is 1.37 bits per heavy atom. The zero-order valence-electron chi connectivity index (χ0n) is 11.4. The van der Waals surface area contributed by atoms with Crippen LogP contribution in [0.5, 0.6) is 0 Å². The molecule has 2 rings (SSSR count). The van der Waals surface area contributed by atoms with Crippen molar-refractivity contribution in [2.75, 3.05) is 18.5 Å². The second kappa shape index (κ2) is 6.04. The third-order valence-electron chi connectivity index (χ3n) is 3.21. The number of aromatic nitrogens is 2. The Bertz CT molecular complexity index is 551. The van der Waals surface area contributed by atoms with Crippen molar-refractivity contribution in [2.45, 2.75) is 32.9 Å². The summed E-state index contributed by atoms with van der Waals surface area (Å²) in [5, 5.41) is 21.2. The summed E-state index contributed by atoms with van der Waals surface area (Å²) in [5.41, 5.74) is 3.00. The molecule has 0 fully saturated rings. The SMILES string of the molecule is CCc1nc2cc(NCC(O)CO)ccc2n1CC. The van der Waals surface area contributed by atoms with Gasteiger partial charge in [0.05, 0.1) is 23.7 Å². The molecular formula is C14H21N3O2. The molecule has 3 N–H and O–H groups in total. The Hall–Kier alpha value is -1.59. The summed E-state index contributed by atoms with van der Waals surface area (Å²) in [6, 6.07) is 5.99. The smallest absolute Gasteiger partial charge is 0.109 e. The number of benzene rings is 1. The van der Waals surface area contributed by atoms with Crippen molar-refractivity contribution in [3.8, 4) is 0 Å². The molecule has 0 bridgehead atoms. The molecule has 1 unspecified atom stereocenters. The van der Waals surface area contributed by atoms with Gasteiger partial charge in [-0.05, 0) is 25.1 Å². The normalized spacial score (nSPS) is 12.8. The Balaban J connectivity index is 2.26. The predicted molar refractivity (Wildman–Crippen MR) is 76.4 cm³/mol. The summed E-state index contributed by atoms with van der Waals surface area (Å²) in [5.74, 6) is 1.09. The second-order valence-electron chi connectivity index (χ2n) is 4.55. The quantitative estimate of drug-likeness (QED) is 0.736. The van der Waals surface area contributed by atoms with Crippen LogP contribution in [0.3, 0.4) is 0 Å². The molecule has 0 saturated carbocycles. The van der Waals surface area contributed by atoms with Crippen molar-refractivity contribution < 1.29 is 10.2 Å². The lowest BCUT2D eigenvalue weighted by molar-refractivity contribution is 0.105. The van der Waals surface area contributed by atoms with Gasteiger partial charge in [0, 0.05) is 25.2 Å². The van der Waals surface area contributed by atoms with Gasteiger partial charge in [0.15, 0.2) is 0 Å². The number of nitrogens with one attached hydrogen (secondary N) is 1. The molecule has 19 heavy (non-hydrogen) atoms. The summed E-state index contributed by atoms with van der Waals surface area (Å²) in [4.78, 5) is 4.62. The third-order valence-corrected chi connectivity index (χ3v) is 3.21. The Morgan fingerprint density at radius 2 is 2.16 bits per heavy atom. The van der Waals surface area contributed by atoms with Crippen LogP contribution in [-0.4, -0.2) is 39.0 Å². The van der Waals surface area contributed by atoms with Crippen LogP contribution in [0.25, 0.3) is 11.0 Å². The highest BCUT2D eigenvalue weighted by atomic mass is 16.3. The van der Waals surface area contributed by atoms with Crippen LogP contribution < -0.4 is 5.32 Å². The molecule has 5 heteroatoms. The summed E-state index contributed by atoms with van der Waals surface area (Å²) in [6.07, 6.45) is 0.171. The van der Waals surface area contributed by atoms with Gasteiger partial charge in [0.2, 0.25) is 0 Å². The van der Waals surface area contributed by atoms with Crippen LogP contribution in [0.2, 0.25) is 0 Å². The van der Waals surface area contributed by atoms with E-state index in [9.17, 15) is 5.11 Å². The van der Waals surface area contributed by atoms with Crippen molar-refractivity contribution in [1.82, 2.24) is 9.55 Å². The highest BCUT2D eigenvalue weighted by Crippen LogP contribution is 2.21. The van der Waals surface area contributed by atoms with Gasteiger partial charge in [0.1, 0.15) is 5.82 Å². The number of imidazole rings is 1. The highest BCUT2D eigenvalue weighted by molar-refractivity contribution is 5.80. The van der Waals surface area contributed by atoms with Gasteiger partial charge in [-0.3, -0.25) is 0 Å². The standard InChI is InChI=1S/C14H21N3O2/c1-3-14-16-12-7-10(15-8-11(19)9-18)5-6-13(12)17(14)4-2/h5-7,11,15,18-19H,3-4,8-9H2,1-2H3. The number of anilines is 1. The molecule has 0 radical (unpaired) electrons. The first-order valence-corrected chi connectivity index (χ1v) is 6.71. The topological polar surface area (TPSA) is 70.3 Å². The molecule has 0 saturated heterocycles. The van der Waals surface area contributed by atoms with Crippen molar-refractivity contribution in [3.05, 3.63) is 24.0 Å². The minimum Gasteiger partial charge on any atom is -0.394 e. The largest absolute Gasteiger partial charge is 0.394 e. The van der Waals surface area contributed by atoms with E-state index < -0.39 is 6.10 Å². The fourth-order valence-corrected chi connectivity index (χ4v) is 2.21. The maximum absolute atomic E-state index is 9.32. The van der Waals surface area contributed by atoms with E-state index in [1.165, 1.54) is 0 Å². The van der Waals surface area contributed by atoms with E-state index in [0.29, 0.717) is 6.54 Å². The van der Waals surface area contributed by atoms with E-state index in [1.54, 1.807) is 0 Å². The number of hydrogen-bond donors (Lipinski definition) is 3. The van der Waals surface area contributed by atoms with E-state index in [0.717, 1.165) is 35.5 Å². The number of aliphatic hydroxyl groups is 2. The van der Waals surface area contributed by atoms with Crippen LogP contribution >= 0.6 is 0 Å². The van der Waals surface area contributed by atoms with Crippen LogP contribution in [0.1, 0.15) is 19.7 Å². The molecule has 0 spiro atoms. The molecule has 1 aromatic heterocycles. The number of rotatable bonds is 6. The minimum absolute atomic E-state index is 0.236. The van der Waals surface area contributed by atoms with Crippen LogP contribution in [0.15, 0.2) is 18.2 Å². The lowest BCUT2D eigenvalue weighted by atomic mass is 10.2. The summed E-state index contributed by atoms with van der Waals surface area (Å²) in [7, 11) is 0. The number of aryl methyl sites for hydroxylation is 2. The van der Waals surface area contributed by atoms with E-state index in [2.05, 4.69) is 28.7 Å². The molecule has 0 aliphatic carbocycles. The molecule has 0 aliphatic heterocycles. The average molecular weight is 263 g/mol. The Labute approximate surface area is 112 Å². The molecule has 5 nitrogen and oxygen atoms in total. The zero-order chi connectivity index (χ0) is 13.8. The van der Waals surface area contributed by atoms with E-state index in [4.69, 9.17) is 5.11 Å². The molecule has 1 aromatic carbocycles. The summed E-state index contributed by atoms with van der Waals surface area (Å²) < 4.78 is 2.21. The maximum Gasteiger partial charge on any atom is 0.109 e. The Kier molecular flexibility index (Phi) is 4.39. The van der Waals surface area contributed by atoms with Crippen LogP contribution in [-0.2, 0) is 13.0 Å². The van der Waals surface area contributed by atoms with E-state index in [1.807, 2.05) is 18.2 Å². The number of fused-ring (bicyclic) bond motifs is 1. The van der Waals surface area contributed by atoms with Gasteiger partial charge >= 0.3 is 0 Å². The lowest BCUT2D eigenvalue weighted by Gasteiger charge is -2.10. The van der Waals surface area contributed by atoms with Gasteiger partial charge in [0.25, 0.3) is 0 Å². The zero-order valence-corrected chi connectivity index (χ0v) is 11.4. The minimum atomic E-state index is -0.741. The number of aliphatic hydroxyl groups excluding tert-OH is 2. The van der Waals surface area contributed by atoms with Crippen molar-refractivity contribution in [3.63, 3.8) is 0 Å². The van der Waals surface area contributed by atoms with E-state index >= 15 is 0 Å². The van der Waals surface area contributed by atoms with Gasteiger partial charge < -0.3 is 20.1 Å². The predicted octanol–water partition coefficient (Wildman–Crippen LogP) is 1.38.